The van der Waals surface area contributed by atoms with E-state index in [2.05, 4.69) is 21.3 Å². The van der Waals surface area contributed by atoms with Crippen molar-refractivity contribution in [3.8, 4) is 23.3 Å². The Morgan fingerprint density at radius 1 is 1.03 bits per heavy atom. The Kier molecular flexibility index (Phi) is 8.25. The molecule has 1 fully saturated rings. The standard InChI is InChI=1S/C27H31Cl2N5O3/c1-33-7-9-34(10-8-33)6-4-5-11-37-26-14-22-19(12-25(26)36-3)27(18(16-30)17-31-22)32-23-15-24(35-2)21(29)13-20(23)28/h12-15,17H,4-11H2,1-3H3,(H,31,32)/i1D2. The van der Waals surface area contributed by atoms with Crippen LogP contribution in [0, 0.1) is 11.3 Å². The Morgan fingerprint density at radius 2 is 1.81 bits per heavy atom. The number of anilines is 2. The second kappa shape index (κ2) is 12.5. The van der Waals surface area contributed by atoms with Crippen LogP contribution in [0.2, 0.25) is 10.0 Å². The molecule has 10 heteroatoms. The van der Waals surface area contributed by atoms with E-state index < -0.39 is 7.00 Å². The zero-order valence-corrected chi connectivity index (χ0v) is 22.4. The van der Waals surface area contributed by atoms with E-state index in [1.54, 1.807) is 25.3 Å². The molecule has 37 heavy (non-hydrogen) atoms. The van der Waals surface area contributed by atoms with Crippen LogP contribution in [0.4, 0.5) is 11.4 Å². The van der Waals surface area contributed by atoms with E-state index in [0.29, 0.717) is 61.7 Å². The molecule has 0 spiro atoms. The van der Waals surface area contributed by atoms with Crippen molar-refractivity contribution in [2.75, 3.05) is 65.9 Å². The zero-order valence-electron chi connectivity index (χ0n) is 22.9. The number of rotatable bonds is 10. The summed E-state index contributed by atoms with van der Waals surface area (Å²) in [5.41, 5.74) is 2.03. The molecule has 2 heterocycles. The van der Waals surface area contributed by atoms with E-state index in [0.717, 1.165) is 45.6 Å². The molecule has 0 radical (unpaired) electrons. The minimum atomic E-state index is -0.885. The minimum Gasteiger partial charge on any atom is -0.495 e. The molecule has 1 aliphatic rings. The van der Waals surface area contributed by atoms with Crippen LogP contribution in [0.5, 0.6) is 17.2 Å². The van der Waals surface area contributed by atoms with Gasteiger partial charge >= 0.3 is 0 Å². The summed E-state index contributed by atoms with van der Waals surface area (Å²) in [5.74, 6) is 1.55. The lowest BCUT2D eigenvalue weighted by Crippen LogP contribution is -2.44. The third-order valence-corrected chi connectivity index (χ3v) is 6.92. The molecule has 0 bridgehead atoms. The van der Waals surface area contributed by atoms with Gasteiger partial charge in [0, 0.05) is 52.6 Å². The molecule has 0 unspecified atom stereocenters. The average molecular weight is 546 g/mol. The first-order chi connectivity index (χ1) is 18.8. The van der Waals surface area contributed by atoms with Crippen molar-refractivity contribution in [3.05, 3.63) is 46.1 Å². The number of aromatic nitrogens is 1. The fraction of sp³-hybridized carbons (Fsp3) is 0.407. The maximum Gasteiger partial charge on any atom is 0.163 e. The van der Waals surface area contributed by atoms with Crippen LogP contribution in [-0.4, -0.2) is 75.3 Å². The number of pyridine rings is 1. The van der Waals surface area contributed by atoms with E-state index in [1.807, 2.05) is 11.0 Å². The Morgan fingerprint density at radius 3 is 2.51 bits per heavy atom. The summed E-state index contributed by atoms with van der Waals surface area (Å²) >= 11 is 12.6. The summed E-state index contributed by atoms with van der Waals surface area (Å²) in [5, 5.41) is 14.4. The number of likely N-dealkylation sites (N-methyl/N-ethyl adjacent to an activating group) is 1. The third-order valence-electron chi connectivity index (χ3n) is 6.31. The summed E-state index contributed by atoms with van der Waals surface area (Å²) in [6, 6.07) is 9.04. The molecule has 4 rings (SSSR count). The SMILES string of the molecule is [2H]C([2H])N1CCN(CCCCOc2cc3ncc(C#N)c(Nc4cc(OC)c(Cl)cc4Cl)c3cc2OC)CC1. The Balaban J connectivity index is 1.46. The highest BCUT2D eigenvalue weighted by Crippen LogP contribution is 2.40. The largest absolute Gasteiger partial charge is 0.495 e. The molecule has 196 valence electrons. The fourth-order valence-electron chi connectivity index (χ4n) is 4.21. The van der Waals surface area contributed by atoms with Crippen LogP contribution in [0.15, 0.2) is 30.5 Å². The monoisotopic (exact) mass is 545 g/mol. The van der Waals surface area contributed by atoms with E-state index in [1.165, 1.54) is 13.3 Å². The lowest BCUT2D eigenvalue weighted by molar-refractivity contribution is 0.149. The first-order valence-corrected chi connectivity index (χ1v) is 12.7. The molecule has 0 saturated carbocycles. The smallest absolute Gasteiger partial charge is 0.163 e. The Labute approximate surface area is 230 Å². The van der Waals surface area contributed by atoms with Crippen molar-refractivity contribution < 1.29 is 17.0 Å². The predicted octanol–water partition coefficient (Wildman–Crippen LogP) is 5.58. The van der Waals surface area contributed by atoms with Crippen molar-refractivity contribution in [2.45, 2.75) is 12.8 Å². The second-order valence-corrected chi connectivity index (χ2v) is 9.52. The van der Waals surface area contributed by atoms with E-state index >= 15 is 0 Å². The summed E-state index contributed by atoms with van der Waals surface area (Å²) in [6.45, 7) is 3.88. The molecular formula is C27H31Cl2N5O3. The quantitative estimate of drug-likeness (QED) is 0.330. The number of hydrogen-bond donors (Lipinski definition) is 1. The van der Waals surface area contributed by atoms with Gasteiger partial charge in [0.15, 0.2) is 11.5 Å². The number of nitrogens with zero attached hydrogens (tertiary/aromatic N) is 4. The van der Waals surface area contributed by atoms with Crippen molar-refractivity contribution in [2.24, 2.45) is 0 Å². The predicted molar refractivity (Wildman–Crippen MR) is 148 cm³/mol. The van der Waals surface area contributed by atoms with Crippen LogP contribution in [0.3, 0.4) is 0 Å². The first kappa shape index (κ1) is 24.4. The normalized spacial score (nSPS) is 15.2. The molecule has 3 aromatic rings. The van der Waals surface area contributed by atoms with Gasteiger partial charge in [-0.05, 0) is 38.5 Å². The number of halogens is 2. The van der Waals surface area contributed by atoms with E-state index in [4.69, 9.17) is 40.2 Å². The molecule has 1 aliphatic heterocycles. The van der Waals surface area contributed by atoms with Gasteiger partial charge in [0.1, 0.15) is 11.8 Å². The van der Waals surface area contributed by atoms with E-state index in [9.17, 15) is 5.26 Å². The highest BCUT2D eigenvalue weighted by atomic mass is 35.5. The van der Waals surface area contributed by atoms with Crippen LogP contribution in [0.25, 0.3) is 10.9 Å². The highest BCUT2D eigenvalue weighted by molar-refractivity contribution is 6.37. The molecular weight excluding hydrogens is 513 g/mol. The average Bonchev–Trinajstić information content (AvgIpc) is 2.94. The molecule has 1 N–H and O–H groups in total. The summed E-state index contributed by atoms with van der Waals surface area (Å²) in [6.07, 6.45) is 3.35. The van der Waals surface area contributed by atoms with Crippen LogP contribution >= 0.6 is 23.2 Å². The summed E-state index contributed by atoms with van der Waals surface area (Å²) in [7, 11) is 3.09. The summed E-state index contributed by atoms with van der Waals surface area (Å²) in [4.78, 5) is 8.70. The molecule has 1 saturated heterocycles. The molecule has 1 aromatic heterocycles. The zero-order chi connectivity index (χ0) is 27.9. The molecule has 0 atom stereocenters. The maximum absolute atomic E-state index is 9.76. The lowest BCUT2D eigenvalue weighted by Gasteiger charge is -2.32. The molecule has 0 aliphatic carbocycles. The van der Waals surface area contributed by atoms with Crippen LogP contribution in [0.1, 0.15) is 21.1 Å². The van der Waals surface area contributed by atoms with Crippen molar-refractivity contribution >= 4 is 45.5 Å². The molecule has 2 aromatic carbocycles. The van der Waals surface area contributed by atoms with Crippen LogP contribution < -0.4 is 19.5 Å². The number of hydrogen-bond acceptors (Lipinski definition) is 8. The number of nitriles is 1. The van der Waals surface area contributed by atoms with Gasteiger partial charge < -0.3 is 29.3 Å². The van der Waals surface area contributed by atoms with Gasteiger partial charge in [-0.2, -0.15) is 5.26 Å². The Bertz CT molecular complexity index is 1350. The van der Waals surface area contributed by atoms with Gasteiger partial charge in [-0.3, -0.25) is 4.98 Å². The topological polar surface area (TPSA) is 82.9 Å². The third kappa shape index (κ3) is 6.49. The molecule has 0 amide bonds. The van der Waals surface area contributed by atoms with Gasteiger partial charge in [-0.25, -0.2) is 0 Å². The number of methoxy groups -OCH3 is 2. The minimum absolute atomic E-state index is 0.338. The van der Waals surface area contributed by atoms with Gasteiger partial charge in [0.2, 0.25) is 0 Å². The van der Waals surface area contributed by atoms with Crippen molar-refractivity contribution in [1.29, 1.82) is 5.26 Å². The number of fused-ring (bicyclic) bond motifs is 1. The van der Waals surface area contributed by atoms with Crippen LogP contribution in [-0.2, 0) is 0 Å². The number of benzene rings is 2. The van der Waals surface area contributed by atoms with E-state index in [-0.39, 0.29) is 0 Å². The van der Waals surface area contributed by atoms with Crippen molar-refractivity contribution in [1.82, 2.24) is 14.8 Å². The number of nitrogens with one attached hydrogen (secondary N) is 1. The lowest BCUT2D eigenvalue weighted by atomic mass is 10.1. The van der Waals surface area contributed by atoms with Gasteiger partial charge in [-0.1, -0.05) is 23.2 Å². The summed E-state index contributed by atoms with van der Waals surface area (Å²) < 4.78 is 32.0. The maximum atomic E-state index is 9.76. The van der Waals surface area contributed by atoms with Crippen molar-refractivity contribution in [3.63, 3.8) is 0 Å². The van der Waals surface area contributed by atoms with Gasteiger partial charge in [0.25, 0.3) is 0 Å². The number of ether oxygens (including phenoxy) is 3. The second-order valence-electron chi connectivity index (χ2n) is 8.70. The first-order valence-electron chi connectivity index (χ1n) is 13.1. The molecule has 8 nitrogen and oxygen atoms in total. The number of piperazine rings is 1. The number of unbranched alkanes of at least 4 members (excludes halogenated alkanes) is 1. The Hall–Kier alpha value is -2.96. The van der Waals surface area contributed by atoms with Gasteiger partial charge in [0.05, 0.1) is 53.3 Å². The fourth-order valence-corrected chi connectivity index (χ4v) is 4.72. The van der Waals surface area contributed by atoms with Gasteiger partial charge in [-0.15, -0.1) is 0 Å². The highest BCUT2D eigenvalue weighted by Gasteiger charge is 2.17.